The van der Waals surface area contributed by atoms with E-state index in [0.29, 0.717) is 12.2 Å². The molecule has 2 aromatic rings. The maximum absolute atomic E-state index is 12.9. The number of thiazole rings is 1. The Labute approximate surface area is 171 Å². The second-order valence-electron chi connectivity index (χ2n) is 7.33. The van der Waals surface area contributed by atoms with Crippen LogP contribution in [0.5, 0.6) is 0 Å². The maximum atomic E-state index is 12.9. The smallest absolute Gasteiger partial charge is 0.322 e. The number of aromatic nitrogens is 1. The number of amides is 3. The number of anilines is 1. The lowest BCUT2D eigenvalue weighted by Crippen LogP contribution is -2.39. The normalized spacial score (nSPS) is 12.0. The van der Waals surface area contributed by atoms with Gasteiger partial charge >= 0.3 is 6.03 Å². The molecule has 0 fully saturated rings. The second kappa shape index (κ2) is 9.68. The van der Waals surface area contributed by atoms with Gasteiger partial charge in [-0.25, -0.2) is 9.78 Å². The van der Waals surface area contributed by atoms with Gasteiger partial charge < -0.3 is 15.5 Å². The Hall–Kier alpha value is -2.41. The first-order valence-corrected chi connectivity index (χ1v) is 10.5. The zero-order chi connectivity index (χ0) is 20.8. The van der Waals surface area contributed by atoms with E-state index in [1.807, 2.05) is 59.7 Å². The minimum absolute atomic E-state index is 0.00869. The third-order valence-electron chi connectivity index (χ3n) is 4.68. The lowest BCUT2D eigenvalue weighted by atomic mass is 10.1. The van der Waals surface area contributed by atoms with E-state index >= 15 is 0 Å². The molecule has 7 heteroatoms. The van der Waals surface area contributed by atoms with Gasteiger partial charge in [0, 0.05) is 23.2 Å². The predicted octanol–water partition coefficient (Wildman–Crippen LogP) is 4.73. The molecule has 1 heterocycles. The molecule has 1 atom stereocenters. The molecule has 2 N–H and O–H groups in total. The molecule has 1 unspecified atom stereocenters. The van der Waals surface area contributed by atoms with Crippen LogP contribution in [0.25, 0.3) is 0 Å². The first-order chi connectivity index (χ1) is 13.2. The van der Waals surface area contributed by atoms with Gasteiger partial charge in [-0.2, -0.15) is 0 Å². The Bertz CT molecular complexity index is 811. The molecule has 0 aliphatic heterocycles. The highest BCUT2D eigenvalue weighted by atomic mass is 32.1. The van der Waals surface area contributed by atoms with Crippen LogP contribution in [0.3, 0.4) is 0 Å². The number of urea groups is 1. The number of carbonyl (C=O) groups is 2. The number of benzene rings is 1. The van der Waals surface area contributed by atoms with Crippen molar-refractivity contribution in [2.45, 2.75) is 66.6 Å². The van der Waals surface area contributed by atoms with Crippen molar-refractivity contribution in [2.24, 2.45) is 0 Å². The first kappa shape index (κ1) is 21.9. The summed E-state index contributed by atoms with van der Waals surface area (Å²) in [6, 6.07) is 5.85. The molecule has 0 saturated heterocycles. The van der Waals surface area contributed by atoms with Gasteiger partial charge in [-0.15, -0.1) is 11.3 Å². The minimum Gasteiger partial charge on any atom is -0.348 e. The van der Waals surface area contributed by atoms with Crippen molar-refractivity contribution in [3.63, 3.8) is 0 Å². The Morgan fingerprint density at radius 2 is 1.82 bits per heavy atom. The van der Waals surface area contributed by atoms with Crippen LogP contribution >= 0.6 is 11.3 Å². The minimum atomic E-state index is -0.173. The van der Waals surface area contributed by atoms with Crippen molar-refractivity contribution in [1.29, 1.82) is 0 Å². The summed E-state index contributed by atoms with van der Waals surface area (Å²) >= 11 is 1.39. The van der Waals surface area contributed by atoms with Crippen molar-refractivity contribution in [3.8, 4) is 0 Å². The fourth-order valence-corrected chi connectivity index (χ4v) is 3.48. The molecule has 0 spiro atoms. The summed E-state index contributed by atoms with van der Waals surface area (Å²) in [6.45, 7) is 12.2. The molecule has 152 valence electrons. The lowest BCUT2D eigenvalue weighted by Gasteiger charge is -2.27. The van der Waals surface area contributed by atoms with E-state index in [1.165, 1.54) is 11.3 Å². The highest BCUT2D eigenvalue weighted by molar-refractivity contribution is 7.09. The van der Waals surface area contributed by atoms with Crippen LogP contribution in [0.4, 0.5) is 10.5 Å². The Balaban J connectivity index is 2.11. The number of carbonyl (C=O) groups excluding carboxylic acids is 2. The maximum Gasteiger partial charge on any atom is 0.322 e. The summed E-state index contributed by atoms with van der Waals surface area (Å²) < 4.78 is 0. The van der Waals surface area contributed by atoms with Crippen LogP contribution < -0.4 is 10.6 Å². The van der Waals surface area contributed by atoms with Crippen LogP contribution in [-0.2, 0) is 6.54 Å². The standard InChI is InChI=1S/C21H30N4O2S/c1-7-16(6)22-20(26)17-12-28-18(23-17)11-25(13(2)3)21(27)24-19-14(4)9-8-10-15(19)5/h8-10,12-13,16H,7,11H2,1-6H3,(H,22,26)(H,24,27). The molecule has 3 amide bonds. The molecule has 6 nitrogen and oxygen atoms in total. The van der Waals surface area contributed by atoms with Crippen LogP contribution in [-0.4, -0.2) is 33.9 Å². The number of para-hydroxylation sites is 1. The molecule has 0 aliphatic carbocycles. The third-order valence-corrected chi connectivity index (χ3v) is 5.51. The Morgan fingerprint density at radius 3 is 2.39 bits per heavy atom. The van der Waals surface area contributed by atoms with Gasteiger partial charge in [0.2, 0.25) is 0 Å². The van der Waals surface area contributed by atoms with Crippen LogP contribution in [0.2, 0.25) is 0 Å². The monoisotopic (exact) mass is 402 g/mol. The van der Waals surface area contributed by atoms with E-state index in [-0.39, 0.29) is 24.0 Å². The quantitative estimate of drug-likeness (QED) is 0.703. The fourth-order valence-electron chi connectivity index (χ4n) is 2.71. The topological polar surface area (TPSA) is 74.3 Å². The van der Waals surface area contributed by atoms with Crippen LogP contribution in [0.15, 0.2) is 23.6 Å². The zero-order valence-electron chi connectivity index (χ0n) is 17.5. The van der Waals surface area contributed by atoms with E-state index in [1.54, 1.807) is 10.3 Å². The first-order valence-electron chi connectivity index (χ1n) is 9.62. The van der Waals surface area contributed by atoms with Crippen molar-refractivity contribution < 1.29 is 9.59 Å². The molecule has 0 radical (unpaired) electrons. The van der Waals surface area contributed by atoms with Gasteiger partial charge in [0.25, 0.3) is 5.91 Å². The molecule has 1 aromatic heterocycles. The van der Waals surface area contributed by atoms with Gasteiger partial charge in [-0.1, -0.05) is 25.1 Å². The van der Waals surface area contributed by atoms with Crippen molar-refractivity contribution in [3.05, 3.63) is 45.4 Å². The van der Waals surface area contributed by atoms with Gasteiger partial charge in [0.15, 0.2) is 0 Å². The van der Waals surface area contributed by atoms with Gasteiger partial charge in [0.05, 0.1) is 6.54 Å². The molecular weight excluding hydrogens is 372 g/mol. The average Bonchev–Trinajstić information content (AvgIpc) is 3.11. The number of hydrogen-bond acceptors (Lipinski definition) is 4. The van der Waals surface area contributed by atoms with E-state index in [0.717, 1.165) is 28.2 Å². The SMILES string of the molecule is CCC(C)NC(=O)c1csc(CN(C(=O)Nc2c(C)cccc2C)C(C)C)n1. The van der Waals surface area contributed by atoms with Crippen molar-refractivity contribution >= 4 is 29.0 Å². The molecule has 28 heavy (non-hydrogen) atoms. The number of hydrogen-bond donors (Lipinski definition) is 2. The Kier molecular flexibility index (Phi) is 7.57. The predicted molar refractivity (Wildman–Crippen MR) is 115 cm³/mol. The summed E-state index contributed by atoms with van der Waals surface area (Å²) in [5.74, 6) is -0.173. The largest absolute Gasteiger partial charge is 0.348 e. The number of aryl methyl sites for hydroxylation is 2. The zero-order valence-corrected chi connectivity index (χ0v) is 18.3. The molecule has 2 rings (SSSR count). The molecular formula is C21H30N4O2S. The van der Waals surface area contributed by atoms with Crippen molar-refractivity contribution in [1.82, 2.24) is 15.2 Å². The van der Waals surface area contributed by atoms with E-state index in [2.05, 4.69) is 15.6 Å². The van der Waals surface area contributed by atoms with Gasteiger partial charge in [0.1, 0.15) is 10.7 Å². The summed E-state index contributed by atoms with van der Waals surface area (Å²) in [5, 5.41) is 8.42. The number of rotatable bonds is 7. The van der Waals surface area contributed by atoms with Crippen LogP contribution in [0, 0.1) is 13.8 Å². The van der Waals surface area contributed by atoms with Gasteiger partial charge in [-0.05, 0) is 52.2 Å². The second-order valence-corrected chi connectivity index (χ2v) is 8.27. The van der Waals surface area contributed by atoms with Gasteiger partial charge in [-0.3, -0.25) is 4.79 Å². The van der Waals surface area contributed by atoms with Crippen LogP contribution in [0.1, 0.15) is 60.7 Å². The van der Waals surface area contributed by atoms with E-state index in [4.69, 9.17) is 0 Å². The highest BCUT2D eigenvalue weighted by Gasteiger charge is 2.21. The van der Waals surface area contributed by atoms with Crippen molar-refractivity contribution in [2.75, 3.05) is 5.32 Å². The third kappa shape index (κ3) is 5.55. The van der Waals surface area contributed by atoms with E-state index < -0.39 is 0 Å². The molecule has 0 aliphatic rings. The number of nitrogens with zero attached hydrogens (tertiary/aromatic N) is 2. The molecule has 0 bridgehead atoms. The van der Waals surface area contributed by atoms with E-state index in [9.17, 15) is 9.59 Å². The summed E-state index contributed by atoms with van der Waals surface area (Å²) in [4.78, 5) is 31.3. The highest BCUT2D eigenvalue weighted by Crippen LogP contribution is 2.21. The molecule has 1 aromatic carbocycles. The summed E-state index contributed by atoms with van der Waals surface area (Å²) in [6.07, 6.45) is 0.863. The summed E-state index contributed by atoms with van der Waals surface area (Å²) in [7, 11) is 0. The lowest BCUT2D eigenvalue weighted by molar-refractivity contribution is 0.0934. The Morgan fingerprint density at radius 1 is 1.18 bits per heavy atom. The summed E-state index contributed by atoms with van der Waals surface area (Å²) in [5.41, 5.74) is 3.29. The average molecular weight is 403 g/mol. The molecule has 0 saturated carbocycles. The fraction of sp³-hybridized carbons (Fsp3) is 0.476. The number of nitrogens with one attached hydrogen (secondary N) is 2.